The van der Waals surface area contributed by atoms with Crippen molar-refractivity contribution in [1.29, 1.82) is 0 Å². The summed E-state index contributed by atoms with van der Waals surface area (Å²) in [6, 6.07) is 5.45. The summed E-state index contributed by atoms with van der Waals surface area (Å²) >= 11 is 8.27. The number of aromatic nitrogens is 2. The van der Waals surface area contributed by atoms with Crippen LogP contribution in [0.1, 0.15) is 22.5 Å². The number of hydrogen-bond acceptors (Lipinski definition) is 9. The Bertz CT molecular complexity index is 1330. The molecule has 3 heterocycles. The molecule has 1 fully saturated rings. The first-order valence-electron chi connectivity index (χ1n) is 11.3. The second-order valence-corrected chi connectivity index (χ2v) is 11.5. The van der Waals surface area contributed by atoms with Gasteiger partial charge in [0.05, 0.1) is 28.4 Å². The molecule has 0 aliphatic carbocycles. The molecule has 1 saturated heterocycles. The minimum Gasteiger partial charge on any atom is -0.493 e. The molecule has 0 radical (unpaired) electrons. The third kappa shape index (κ3) is 7.85. The number of ether oxygens (including phenoxy) is 2. The molecule has 0 spiro atoms. The zero-order chi connectivity index (χ0) is 28.9. The van der Waals surface area contributed by atoms with E-state index in [9.17, 15) is 18.0 Å². The summed E-state index contributed by atoms with van der Waals surface area (Å²) in [5.74, 6) is -0.182. The second kappa shape index (κ2) is 13.0. The van der Waals surface area contributed by atoms with Crippen LogP contribution >= 0.6 is 43.2 Å². The van der Waals surface area contributed by atoms with Gasteiger partial charge in [-0.3, -0.25) is 4.79 Å². The largest absolute Gasteiger partial charge is 0.493 e. The molecular formula is C23H24Br2F3N5O5S. The van der Waals surface area contributed by atoms with Gasteiger partial charge in [-0.15, -0.1) is 11.3 Å². The molecular weight excluding hydrogens is 675 g/mol. The number of rotatable bonds is 6. The highest BCUT2D eigenvalue weighted by molar-refractivity contribution is 9.13. The number of nitrogens with two attached hydrogens (primary N) is 1. The molecule has 0 saturated carbocycles. The van der Waals surface area contributed by atoms with Gasteiger partial charge in [0.2, 0.25) is 5.95 Å². The smallest absolute Gasteiger partial charge is 0.490 e. The fourth-order valence-electron chi connectivity index (χ4n) is 3.73. The van der Waals surface area contributed by atoms with E-state index in [0.717, 1.165) is 39.6 Å². The fraction of sp³-hybridized carbons (Fsp3) is 0.391. The van der Waals surface area contributed by atoms with Crippen LogP contribution in [0.15, 0.2) is 26.5 Å². The molecule has 1 aromatic carbocycles. The number of hydrogen-bond donors (Lipinski definition) is 3. The van der Waals surface area contributed by atoms with Gasteiger partial charge in [0, 0.05) is 35.6 Å². The van der Waals surface area contributed by atoms with Gasteiger partial charge in [0.25, 0.3) is 5.91 Å². The van der Waals surface area contributed by atoms with Crippen LogP contribution in [0.5, 0.6) is 11.5 Å². The Morgan fingerprint density at radius 2 is 1.74 bits per heavy atom. The Balaban J connectivity index is 0.000000532. The number of alkyl halides is 3. The molecule has 3 aromatic rings. The predicted molar refractivity (Wildman–Crippen MR) is 148 cm³/mol. The first-order chi connectivity index (χ1) is 18.3. The highest BCUT2D eigenvalue weighted by Crippen LogP contribution is 2.35. The number of nitrogen functional groups attached to an aromatic ring is 1. The number of nitrogens with zero attached hydrogens (tertiary/aromatic N) is 3. The number of nitrogens with one attached hydrogen (secondary N) is 1. The molecule has 0 bridgehead atoms. The van der Waals surface area contributed by atoms with Crippen LogP contribution in [0.4, 0.5) is 24.9 Å². The lowest BCUT2D eigenvalue weighted by Gasteiger charge is -2.32. The van der Waals surface area contributed by atoms with Gasteiger partial charge in [-0.1, -0.05) is 0 Å². The van der Waals surface area contributed by atoms with Crippen molar-refractivity contribution < 1.29 is 37.3 Å². The molecule has 39 heavy (non-hydrogen) atoms. The van der Waals surface area contributed by atoms with E-state index in [1.165, 1.54) is 11.3 Å². The Hall–Kier alpha value is -2.85. The molecule has 4 rings (SSSR count). The van der Waals surface area contributed by atoms with Gasteiger partial charge in [0.1, 0.15) is 5.82 Å². The standard InChI is InChI=1S/C21H23Br2N5O3S.C2HF3O2/c1-30-15-7-12-14(9-16(15)31-2)26-21(27-19(12)24)28-5-3-11(4-6-28)10-25-20(29)17-8-13(22)18(23)32-17;3-2(4,5)1(6)7/h7-9,11H,3-6,10H2,1-2H3,(H,25,29)(H2,24,26,27);(H,6,7). The van der Waals surface area contributed by atoms with E-state index in [-0.39, 0.29) is 5.91 Å². The van der Waals surface area contributed by atoms with E-state index in [0.29, 0.717) is 46.1 Å². The van der Waals surface area contributed by atoms with Crippen molar-refractivity contribution in [3.8, 4) is 11.5 Å². The summed E-state index contributed by atoms with van der Waals surface area (Å²) in [4.78, 5) is 33.4. The molecule has 0 atom stereocenters. The Morgan fingerprint density at radius 3 is 2.26 bits per heavy atom. The van der Waals surface area contributed by atoms with Gasteiger partial charge >= 0.3 is 12.1 Å². The highest BCUT2D eigenvalue weighted by Gasteiger charge is 2.38. The number of carbonyl (C=O) groups is 2. The number of piperidine rings is 1. The number of halogens is 5. The van der Waals surface area contributed by atoms with Crippen LogP contribution in [0, 0.1) is 5.92 Å². The van der Waals surface area contributed by atoms with Crippen LogP contribution in [-0.4, -0.2) is 67.0 Å². The normalized spacial score (nSPS) is 14.0. The Kier molecular flexibility index (Phi) is 10.2. The molecule has 10 nitrogen and oxygen atoms in total. The number of carbonyl (C=O) groups excluding carboxylic acids is 1. The average molecular weight is 699 g/mol. The topological polar surface area (TPSA) is 140 Å². The number of carboxylic acids is 1. The number of aliphatic carboxylic acids is 1. The molecule has 0 unspecified atom stereocenters. The minimum absolute atomic E-state index is 0.0427. The summed E-state index contributed by atoms with van der Waals surface area (Å²) in [6.45, 7) is 2.25. The molecule has 1 aliphatic rings. The highest BCUT2D eigenvalue weighted by atomic mass is 79.9. The summed E-state index contributed by atoms with van der Waals surface area (Å²) < 4.78 is 44.3. The third-order valence-electron chi connectivity index (χ3n) is 5.78. The summed E-state index contributed by atoms with van der Waals surface area (Å²) in [7, 11) is 3.18. The lowest BCUT2D eigenvalue weighted by atomic mass is 9.97. The number of carboxylic acid groups (broad SMARTS) is 1. The van der Waals surface area contributed by atoms with E-state index in [1.54, 1.807) is 20.3 Å². The summed E-state index contributed by atoms with van der Waals surface area (Å²) in [5, 5.41) is 10.9. The van der Waals surface area contributed by atoms with Crippen molar-refractivity contribution in [1.82, 2.24) is 15.3 Å². The lowest BCUT2D eigenvalue weighted by molar-refractivity contribution is -0.192. The van der Waals surface area contributed by atoms with Gasteiger partial charge in [-0.05, 0) is 62.8 Å². The van der Waals surface area contributed by atoms with Crippen LogP contribution in [0.3, 0.4) is 0 Å². The van der Waals surface area contributed by atoms with E-state index in [4.69, 9.17) is 30.1 Å². The number of methoxy groups -OCH3 is 2. The van der Waals surface area contributed by atoms with Crippen LogP contribution in [0.25, 0.3) is 10.9 Å². The number of benzene rings is 1. The maximum absolute atomic E-state index is 12.4. The van der Waals surface area contributed by atoms with Crippen molar-refractivity contribution in [2.24, 2.45) is 5.92 Å². The first kappa shape index (κ1) is 30.7. The van der Waals surface area contributed by atoms with Gasteiger partial charge in [-0.25, -0.2) is 9.78 Å². The van der Waals surface area contributed by atoms with E-state index >= 15 is 0 Å². The van der Waals surface area contributed by atoms with E-state index < -0.39 is 12.1 Å². The van der Waals surface area contributed by atoms with Crippen molar-refractivity contribution in [3.63, 3.8) is 0 Å². The van der Waals surface area contributed by atoms with Crippen LogP contribution in [0.2, 0.25) is 0 Å². The number of amides is 1. The molecule has 16 heteroatoms. The van der Waals surface area contributed by atoms with Crippen molar-refractivity contribution in [2.45, 2.75) is 19.0 Å². The minimum atomic E-state index is -5.08. The van der Waals surface area contributed by atoms with Crippen LogP contribution in [-0.2, 0) is 4.79 Å². The zero-order valence-corrected chi connectivity index (χ0v) is 24.6. The molecule has 212 valence electrons. The average Bonchev–Trinajstić information content (AvgIpc) is 3.24. The zero-order valence-electron chi connectivity index (χ0n) is 20.6. The van der Waals surface area contributed by atoms with Gasteiger partial charge in [-0.2, -0.15) is 18.2 Å². The van der Waals surface area contributed by atoms with E-state index in [2.05, 4.69) is 47.1 Å². The third-order valence-corrected chi connectivity index (χ3v) is 9.03. The van der Waals surface area contributed by atoms with Crippen LogP contribution < -0.4 is 25.4 Å². The molecule has 1 amide bonds. The SMILES string of the molecule is COc1cc2nc(N3CCC(CNC(=O)c4cc(Br)c(Br)s4)CC3)nc(N)c2cc1OC.O=C(O)C(F)(F)F. The molecule has 2 aromatic heterocycles. The van der Waals surface area contributed by atoms with E-state index in [1.807, 2.05) is 12.1 Å². The number of anilines is 2. The van der Waals surface area contributed by atoms with Crippen molar-refractivity contribution in [3.05, 3.63) is 31.3 Å². The first-order valence-corrected chi connectivity index (χ1v) is 13.7. The second-order valence-electron chi connectivity index (χ2n) is 8.31. The Morgan fingerprint density at radius 1 is 1.15 bits per heavy atom. The maximum atomic E-state index is 12.4. The lowest BCUT2D eigenvalue weighted by Crippen LogP contribution is -2.39. The summed E-state index contributed by atoms with van der Waals surface area (Å²) in [6.07, 6.45) is -3.21. The summed E-state index contributed by atoms with van der Waals surface area (Å²) in [5.41, 5.74) is 6.94. The quantitative estimate of drug-likeness (QED) is 0.321. The number of fused-ring (bicyclic) bond motifs is 1. The predicted octanol–water partition coefficient (Wildman–Crippen LogP) is 5.10. The maximum Gasteiger partial charge on any atom is 0.490 e. The Labute approximate surface area is 241 Å². The monoisotopic (exact) mass is 697 g/mol. The molecule has 4 N–H and O–H groups in total. The fourth-order valence-corrected chi connectivity index (χ4v) is 5.68. The van der Waals surface area contributed by atoms with Gasteiger partial charge in [0.15, 0.2) is 11.5 Å². The van der Waals surface area contributed by atoms with Crippen molar-refractivity contribution >= 4 is 77.7 Å². The van der Waals surface area contributed by atoms with Gasteiger partial charge < -0.3 is 30.5 Å². The number of thiophene rings is 1. The molecule has 1 aliphatic heterocycles. The van der Waals surface area contributed by atoms with Crippen molar-refractivity contribution in [2.75, 3.05) is 44.5 Å².